The van der Waals surface area contributed by atoms with E-state index < -0.39 is 55.8 Å². The number of hydrogen-bond acceptors (Lipinski definition) is 6. The Balaban J connectivity index is 1.88. The first-order valence-corrected chi connectivity index (χ1v) is 12.1. The van der Waals surface area contributed by atoms with Crippen molar-refractivity contribution >= 4 is 27.1 Å². The Morgan fingerprint density at radius 2 is 1.76 bits per heavy atom. The van der Waals surface area contributed by atoms with Gasteiger partial charge in [0.25, 0.3) is 0 Å². The number of pyridine rings is 2. The molecule has 37 heavy (non-hydrogen) atoms. The van der Waals surface area contributed by atoms with E-state index >= 15 is 0 Å². The first-order valence-electron chi connectivity index (χ1n) is 10.1. The molecule has 0 bridgehead atoms. The number of alkyl halides is 6. The van der Waals surface area contributed by atoms with Crippen molar-refractivity contribution in [1.29, 1.82) is 0 Å². The summed E-state index contributed by atoms with van der Waals surface area (Å²) >= 11 is 6.09. The number of ether oxygens (including phenoxy) is 1. The second-order valence-electron chi connectivity index (χ2n) is 7.48. The van der Waals surface area contributed by atoms with E-state index in [1.165, 1.54) is 6.92 Å². The van der Waals surface area contributed by atoms with Crippen molar-refractivity contribution in [2.24, 2.45) is 0 Å². The molecular weight excluding hydrogens is 554 g/mol. The van der Waals surface area contributed by atoms with Crippen LogP contribution in [-0.4, -0.2) is 39.7 Å². The van der Waals surface area contributed by atoms with Gasteiger partial charge in [-0.3, -0.25) is 0 Å². The van der Waals surface area contributed by atoms with Crippen LogP contribution in [-0.2, 0) is 16.0 Å². The van der Waals surface area contributed by atoms with E-state index in [-0.39, 0.29) is 21.8 Å². The molecule has 0 fully saturated rings. The summed E-state index contributed by atoms with van der Waals surface area (Å²) in [4.78, 5) is 16.4. The minimum absolute atomic E-state index is 0.0653. The molecule has 3 heterocycles. The lowest BCUT2D eigenvalue weighted by Gasteiger charge is -2.13. The van der Waals surface area contributed by atoms with Crippen molar-refractivity contribution < 1.29 is 39.5 Å². The van der Waals surface area contributed by atoms with E-state index in [0.717, 1.165) is 36.5 Å². The molecule has 0 aliphatic heterocycles. The number of aromatic nitrogens is 4. The van der Waals surface area contributed by atoms with Gasteiger partial charge in [0.1, 0.15) is 10.6 Å². The van der Waals surface area contributed by atoms with Crippen LogP contribution >= 0.6 is 11.6 Å². The lowest BCUT2D eigenvalue weighted by Crippen LogP contribution is -2.23. The van der Waals surface area contributed by atoms with E-state index in [4.69, 9.17) is 11.6 Å². The maximum Gasteiger partial charge on any atom is 0.573 e. The molecule has 3 aromatic heterocycles. The predicted octanol–water partition coefficient (Wildman–Crippen LogP) is 4.91. The smallest absolute Gasteiger partial charge is 0.406 e. The molecule has 0 amide bonds. The molecule has 0 saturated carbocycles. The van der Waals surface area contributed by atoms with E-state index in [0.29, 0.717) is 21.3 Å². The summed E-state index contributed by atoms with van der Waals surface area (Å²) in [5.74, 6) is -1.54. The van der Waals surface area contributed by atoms with Crippen molar-refractivity contribution in [2.45, 2.75) is 24.4 Å². The molecule has 0 radical (unpaired) electrons. The van der Waals surface area contributed by atoms with Crippen molar-refractivity contribution in [2.75, 3.05) is 5.75 Å². The molecule has 0 saturated heterocycles. The largest absolute Gasteiger partial charge is 0.573 e. The Hall–Kier alpha value is -3.59. The van der Waals surface area contributed by atoms with Gasteiger partial charge in [-0.25, -0.2) is 22.6 Å². The summed E-state index contributed by atoms with van der Waals surface area (Å²) in [5.41, 5.74) is -2.28. The van der Waals surface area contributed by atoms with Gasteiger partial charge in [0.2, 0.25) is 0 Å². The first-order chi connectivity index (χ1) is 17.1. The Morgan fingerprint density at radius 3 is 2.35 bits per heavy atom. The fourth-order valence-corrected chi connectivity index (χ4v) is 4.65. The van der Waals surface area contributed by atoms with Crippen LogP contribution in [0.25, 0.3) is 22.6 Å². The third-order valence-corrected chi connectivity index (χ3v) is 7.12. The number of halogens is 7. The summed E-state index contributed by atoms with van der Waals surface area (Å²) in [6.45, 7) is 1.31. The molecule has 4 rings (SSSR count). The van der Waals surface area contributed by atoms with E-state index in [2.05, 4.69) is 14.8 Å². The molecule has 0 N–H and O–H groups in total. The summed E-state index contributed by atoms with van der Waals surface area (Å²) in [6, 6.07) is 5.72. The summed E-state index contributed by atoms with van der Waals surface area (Å²) in [6.07, 6.45) is -8.09. The highest BCUT2D eigenvalue weighted by molar-refractivity contribution is 7.91. The fourth-order valence-electron chi connectivity index (χ4n) is 3.34. The molecule has 0 aliphatic carbocycles. The second kappa shape index (κ2) is 9.06. The molecule has 0 unspecified atom stereocenters. The van der Waals surface area contributed by atoms with Crippen LogP contribution in [0.2, 0.25) is 5.02 Å². The standard InChI is InChI=1S/C21H13ClF6N4O4S/c1-2-37(34,35)16-7-11(14-5-4-13(8-15(14)22)36-21(26,27)28)9-29-18(16)32-19(33)31-10-12(20(23,24)25)3-6-17(31)30-32/h3-10H,2H2,1H3. The molecule has 1 aromatic carbocycles. The van der Waals surface area contributed by atoms with Crippen LogP contribution in [0, 0.1) is 0 Å². The van der Waals surface area contributed by atoms with Crippen LogP contribution in [0.5, 0.6) is 5.75 Å². The van der Waals surface area contributed by atoms with Gasteiger partial charge in [0.05, 0.1) is 16.3 Å². The van der Waals surface area contributed by atoms with Gasteiger partial charge >= 0.3 is 18.2 Å². The number of nitrogens with zero attached hydrogens (tertiary/aromatic N) is 4. The quantitative estimate of drug-likeness (QED) is 0.319. The summed E-state index contributed by atoms with van der Waals surface area (Å²) < 4.78 is 107. The van der Waals surface area contributed by atoms with Gasteiger partial charge in [-0.1, -0.05) is 18.5 Å². The Labute approximate surface area is 208 Å². The molecule has 8 nitrogen and oxygen atoms in total. The number of sulfone groups is 1. The maximum atomic E-state index is 13.1. The highest BCUT2D eigenvalue weighted by atomic mass is 35.5. The Kier molecular flexibility index (Phi) is 6.48. The lowest BCUT2D eigenvalue weighted by atomic mass is 10.1. The van der Waals surface area contributed by atoms with E-state index in [1.807, 2.05) is 0 Å². The SMILES string of the molecule is CCS(=O)(=O)c1cc(-c2ccc(OC(F)(F)F)cc2Cl)cnc1-n1nc2ccc(C(F)(F)F)cn2c1=O. The molecular formula is C21H13ClF6N4O4S. The minimum atomic E-state index is -4.96. The van der Waals surface area contributed by atoms with E-state index in [1.54, 1.807) is 0 Å². The van der Waals surface area contributed by atoms with Crippen LogP contribution < -0.4 is 10.4 Å². The average Bonchev–Trinajstić information content (AvgIpc) is 3.13. The Morgan fingerprint density at radius 1 is 1.05 bits per heavy atom. The zero-order chi connectivity index (χ0) is 27.3. The molecule has 0 atom stereocenters. The predicted molar refractivity (Wildman–Crippen MR) is 118 cm³/mol. The Bertz CT molecular complexity index is 1680. The van der Waals surface area contributed by atoms with Crippen molar-refractivity contribution in [3.8, 4) is 22.7 Å². The average molecular weight is 567 g/mol. The number of benzene rings is 1. The van der Waals surface area contributed by atoms with Gasteiger partial charge in [-0.2, -0.15) is 17.9 Å². The van der Waals surface area contributed by atoms with Gasteiger partial charge in [-0.15, -0.1) is 18.3 Å². The summed E-state index contributed by atoms with van der Waals surface area (Å²) in [5, 5.41) is 3.68. The van der Waals surface area contributed by atoms with Crippen LogP contribution in [0.3, 0.4) is 0 Å². The third-order valence-electron chi connectivity index (χ3n) is 5.08. The lowest BCUT2D eigenvalue weighted by molar-refractivity contribution is -0.274. The molecule has 0 spiro atoms. The zero-order valence-electron chi connectivity index (χ0n) is 18.3. The van der Waals surface area contributed by atoms with Gasteiger partial charge in [0, 0.05) is 23.5 Å². The number of rotatable bonds is 5. The minimum Gasteiger partial charge on any atom is -0.406 e. The van der Waals surface area contributed by atoms with Crippen LogP contribution in [0.15, 0.2) is 58.5 Å². The second-order valence-corrected chi connectivity index (χ2v) is 10.1. The van der Waals surface area contributed by atoms with Gasteiger partial charge in [-0.05, 0) is 36.4 Å². The maximum absolute atomic E-state index is 13.1. The van der Waals surface area contributed by atoms with Gasteiger partial charge in [0.15, 0.2) is 21.3 Å². The monoisotopic (exact) mass is 566 g/mol. The van der Waals surface area contributed by atoms with Crippen molar-refractivity contribution in [3.63, 3.8) is 0 Å². The van der Waals surface area contributed by atoms with E-state index in [9.17, 15) is 39.6 Å². The third kappa shape index (κ3) is 5.27. The highest BCUT2D eigenvalue weighted by Gasteiger charge is 2.32. The van der Waals surface area contributed by atoms with Crippen LogP contribution in [0.4, 0.5) is 26.3 Å². The number of fused-ring (bicyclic) bond motifs is 1. The summed E-state index contributed by atoms with van der Waals surface area (Å²) in [7, 11) is -4.11. The fraction of sp³-hybridized carbons (Fsp3) is 0.190. The van der Waals surface area contributed by atoms with Crippen molar-refractivity contribution in [3.05, 3.63) is 69.9 Å². The first kappa shape index (κ1) is 26.5. The molecule has 4 aromatic rings. The topological polar surface area (TPSA) is 95.6 Å². The highest BCUT2D eigenvalue weighted by Crippen LogP contribution is 2.35. The normalized spacial score (nSPS) is 12.8. The van der Waals surface area contributed by atoms with Crippen LogP contribution in [0.1, 0.15) is 12.5 Å². The number of hydrogen-bond donors (Lipinski definition) is 0. The zero-order valence-corrected chi connectivity index (χ0v) is 19.9. The molecule has 0 aliphatic rings. The molecule has 196 valence electrons. The molecule has 16 heteroatoms. The van der Waals surface area contributed by atoms with Crippen molar-refractivity contribution in [1.82, 2.24) is 19.2 Å². The van der Waals surface area contributed by atoms with Gasteiger partial charge < -0.3 is 4.74 Å².